The van der Waals surface area contributed by atoms with Crippen LogP contribution in [0.25, 0.3) is 0 Å². The molecule has 0 amide bonds. The van der Waals surface area contributed by atoms with Gasteiger partial charge in [-0.1, -0.05) is 0 Å². The molecule has 0 spiro atoms. The fourth-order valence-electron chi connectivity index (χ4n) is 0.763. The highest BCUT2D eigenvalue weighted by Crippen LogP contribution is 2.12. The smallest absolute Gasteiger partial charge is 0.171 e. The third kappa shape index (κ3) is 2.56. The summed E-state index contributed by atoms with van der Waals surface area (Å²) in [6.07, 6.45) is -6.39. The van der Waals surface area contributed by atoms with Crippen LogP contribution in [0.3, 0.4) is 0 Å². The lowest BCUT2D eigenvalue weighted by molar-refractivity contribution is -0.171. The predicted octanol–water partition coefficient (Wildman–Crippen LogP) is -3.81. The lowest BCUT2D eigenvalue weighted by Gasteiger charge is -2.29. The fourth-order valence-corrected chi connectivity index (χ4v) is 0.763. The van der Waals surface area contributed by atoms with Gasteiger partial charge in [-0.2, -0.15) is 0 Å². The second-order valence-corrected chi connectivity index (χ2v) is 2.83. The molecule has 0 heterocycles. The van der Waals surface area contributed by atoms with E-state index in [2.05, 4.69) is 0 Å². The van der Waals surface area contributed by atoms with E-state index >= 15 is 0 Å². The Hall–Kier alpha value is -0.860. The molecular formula is C7H12O7. The van der Waals surface area contributed by atoms with E-state index in [1.54, 1.807) is 0 Å². The van der Waals surface area contributed by atoms with Gasteiger partial charge in [0.15, 0.2) is 18.2 Å². The van der Waals surface area contributed by atoms with Crippen LogP contribution >= 0.6 is 0 Å². The van der Waals surface area contributed by atoms with Gasteiger partial charge in [0.1, 0.15) is 18.3 Å². The zero-order valence-corrected chi connectivity index (χ0v) is 7.15. The molecule has 0 bridgehead atoms. The minimum Gasteiger partial charge on any atom is -0.393 e. The lowest BCUT2D eigenvalue weighted by atomic mass is 9.92. The molecule has 7 nitrogen and oxygen atoms in total. The summed E-state index contributed by atoms with van der Waals surface area (Å²) in [6.45, 7) is -1.14. The summed E-state index contributed by atoms with van der Waals surface area (Å²) in [4.78, 5) is 20.3. The molecule has 0 aromatic rings. The third-order valence-electron chi connectivity index (χ3n) is 1.78. The third-order valence-corrected chi connectivity index (χ3v) is 1.78. The van der Waals surface area contributed by atoms with E-state index in [1.165, 1.54) is 0 Å². The maximum Gasteiger partial charge on any atom is 0.171 e. The van der Waals surface area contributed by atoms with Gasteiger partial charge in [0.2, 0.25) is 0 Å². The van der Waals surface area contributed by atoms with Gasteiger partial charge in [0.25, 0.3) is 0 Å². The normalized spacial score (nSPS) is 21.8. The van der Waals surface area contributed by atoms with Crippen molar-refractivity contribution in [2.75, 3.05) is 6.61 Å². The quantitative estimate of drug-likeness (QED) is 0.282. The van der Waals surface area contributed by atoms with Gasteiger partial charge in [-0.05, 0) is 0 Å². The Morgan fingerprint density at radius 1 is 1.21 bits per heavy atom. The molecule has 7 heteroatoms. The summed E-state index contributed by atoms with van der Waals surface area (Å²) in [6, 6.07) is 0. The summed E-state index contributed by atoms with van der Waals surface area (Å²) >= 11 is 0. The zero-order valence-electron chi connectivity index (χ0n) is 7.15. The maximum absolute atomic E-state index is 10.3. The molecule has 0 unspecified atom stereocenters. The van der Waals surface area contributed by atoms with Gasteiger partial charge >= 0.3 is 0 Å². The van der Waals surface area contributed by atoms with Crippen LogP contribution in [-0.2, 0) is 9.59 Å². The highest BCUT2D eigenvalue weighted by atomic mass is 16.4. The first kappa shape index (κ1) is 13.1. The standard InChI is InChI=1S/C7H12O7/c8-1-4(11)5(12)6(13)7(14,2-9)3-10/h1-2,4-6,10-14H,3H2/t4-,5+,6-,7+/m0/s1. The van der Waals surface area contributed by atoms with Crippen LogP contribution in [0.5, 0.6) is 0 Å². The van der Waals surface area contributed by atoms with Crippen molar-refractivity contribution in [1.82, 2.24) is 0 Å². The second kappa shape index (κ2) is 5.13. The highest BCUT2D eigenvalue weighted by molar-refractivity contribution is 5.64. The molecule has 4 atom stereocenters. The van der Waals surface area contributed by atoms with Crippen LogP contribution in [0, 0.1) is 0 Å². The Kier molecular flexibility index (Phi) is 4.81. The van der Waals surface area contributed by atoms with Crippen LogP contribution in [0.4, 0.5) is 0 Å². The molecule has 14 heavy (non-hydrogen) atoms. The first-order valence-corrected chi connectivity index (χ1v) is 3.72. The molecule has 0 aromatic carbocycles. The molecular weight excluding hydrogens is 196 g/mol. The highest BCUT2D eigenvalue weighted by Gasteiger charge is 2.42. The Balaban J connectivity index is 4.65. The SMILES string of the molecule is O=C[C@H](O)[C@@H](O)[C@H](O)[C@@](O)(C=O)CO. The Morgan fingerprint density at radius 3 is 2.00 bits per heavy atom. The fraction of sp³-hybridized carbons (Fsp3) is 0.714. The van der Waals surface area contributed by atoms with E-state index in [-0.39, 0.29) is 12.6 Å². The van der Waals surface area contributed by atoms with Crippen LogP contribution in [-0.4, -0.2) is 68.6 Å². The Bertz CT molecular complexity index is 206. The lowest BCUT2D eigenvalue weighted by Crippen LogP contribution is -2.56. The van der Waals surface area contributed by atoms with Gasteiger partial charge in [-0.15, -0.1) is 0 Å². The number of aldehydes is 2. The van der Waals surface area contributed by atoms with E-state index < -0.39 is 30.5 Å². The van der Waals surface area contributed by atoms with Crippen molar-refractivity contribution >= 4 is 12.6 Å². The predicted molar refractivity (Wildman–Crippen MR) is 42.2 cm³/mol. The van der Waals surface area contributed by atoms with Crippen LogP contribution in [0.2, 0.25) is 0 Å². The molecule has 0 aliphatic carbocycles. The van der Waals surface area contributed by atoms with Gasteiger partial charge < -0.3 is 30.3 Å². The molecule has 0 saturated heterocycles. The van der Waals surface area contributed by atoms with Crippen molar-refractivity contribution < 1.29 is 35.1 Å². The number of carbonyl (C=O) groups excluding carboxylic acids is 2. The van der Waals surface area contributed by atoms with Crippen LogP contribution in [0.1, 0.15) is 0 Å². The van der Waals surface area contributed by atoms with Crippen LogP contribution < -0.4 is 0 Å². The second-order valence-electron chi connectivity index (χ2n) is 2.83. The Morgan fingerprint density at radius 2 is 1.71 bits per heavy atom. The van der Waals surface area contributed by atoms with Crippen molar-refractivity contribution in [1.29, 1.82) is 0 Å². The molecule has 82 valence electrons. The minimum absolute atomic E-state index is 0.0729. The largest absolute Gasteiger partial charge is 0.393 e. The minimum atomic E-state index is -2.59. The van der Waals surface area contributed by atoms with Crippen molar-refractivity contribution in [3.05, 3.63) is 0 Å². The topological polar surface area (TPSA) is 135 Å². The number of hydrogen-bond donors (Lipinski definition) is 5. The summed E-state index contributed by atoms with van der Waals surface area (Å²) in [5, 5.41) is 44.6. The first-order valence-electron chi connectivity index (χ1n) is 3.72. The average molecular weight is 208 g/mol. The number of rotatable bonds is 6. The molecule has 0 aliphatic heterocycles. The Labute approximate surface area is 79.2 Å². The number of aliphatic hydroxyl groups excluding tert-OH is 4. The van der Waals surface area contributed by atoms with Crippen molar-refractivity contribution in [2.24, 2.45) is 0 Å². The van der Waals surface area contributed by atoms with Crippen molar-refractivity contribution in [3.8, 4) is 0 Å². The summed E-state index contributed by atoms with van der Waals surface area (Å²) in [7, 11) is 0. The van der Waals surface area contributed by atoms with Crippen LogP contribution in [0.15, 0.2) is 0 Å². The number of carbonyl (C=O) groups is 2. The summed E-state index contributed by atoms with van der Waals surface area (Å²) < 4.78 is 0. The van der Waals surface area contributed by atoms with E-state index in [1.807, 2.05) is 0 Å². The molecule has 0 radical (unpaired) electrons. The molecule has 0 saturated carbocycles. The van der Waals surface area contributed by atoms with Gasteiger partial charge in [0.05, 0.1) is 6.61 Å². The first-order chi connectivity index (χ1) is 6.42. The summed E-state index contributed by atoms with van der Waals surface area (Å²) in [5.74, 6) is 0. The van der Waals surface area contributed by atoms with E-state index in [0.717, 1.165) is 0 Å². The van der Waals surface area contributed by atoms with Gasteiger partial charge in [-0.25, -0.2) is 0 Å². The monoisotopic (exact) mass is 208 g/mol. The van der Waals surface area contributed by atoms with Gasteiger partial charge in [-0.3, -0.25) is 4.79 Å². The maximum atomic E-state index is 10.3. The molecule has 0 rings (SSSR count). The number of aliphatic hydroxyl groups is 5. The molecule has 0 aliphatic rings. The van der Waals surface area contributed by atoms with E-state index in [4.69, 9.17) is 25.5 Å². The summed E-state index contributed by atoms with van der Waals surface area (Å²) in [5.41, 5.74) is -2.59. The molecule has 5 N–H and O–H groups in total. The zero-order chi connectivity index (χ0) is 11.4. The van der Waals surface area contributed by atoms with E-state index in [0.29, 0.717) is 0 Å². The number of hydrogen-bond acceptors (Lipinski definition) is 7. The molecule has 0 fully saturated rings. The molecule has 0 aromatic heterocycles. The van der Waals surface area contributed by atoms with Gasteiger partial charge in [0, 0.05) is 0 Å². The average Bonchev–Trinajstić information content (AvgIpc) is 2.24. The van der Waals surface area contributed by atoms with Crippen molar-refractivity contribution in [2.45, 2.75) is 23.9 Å². The van der Waals surface area contributed by atoms with Crippen molar-refractivity contribution in [3.63, 3.8) is 0 Å². The van der Waals surface area contributed by atoms with E-state index in [9.17, 15) is 9.59 Å².